The van der Waals surface area contributed by atoms with Crippen LogP contribution in [0.2, 0.25) is 0 Å². The summed E-state index contributed by atoms with van der Waals surface area (Å²) in [5.74, 6) is 0.570. The van der Waals surface area contributed by atoms with Gasteiger partial charge in [-0.25, -0.2) is 9.97 Å². The summed E-state index contributed by atoms with van der Waals surface area (Å²) >= 11 is 0. The van der Waals surface area contributed by atoms with E-state index in [4.69, 9.17) is 10.7 Å². The van der Waals surface area contributed by atoms with Crippen molar-refractivity contribution < 1.29 is 0 Å². The second kappa shape index (κ2) is 4.30. The fourth-order valence-corrected chi connectivity index (χ4v) is 2.67. The van der Waals surface area contributed by atoms with Gasteiger partial charge in [0.25, 0.3) is 0 Å². The predicted octanol–water partition coefficient (Wildman–Crippen LogP) is 2.80. The Morgan fingerprint density at radius 2 is 2.05 bits per heavy atom. The van der Waals surface area contributed by atoms with Gasteiger partial charge in [0, 0.05) is 24.0 Å². The standard InChI is InChI=1S/C15H15N5/c16-15-19-13-7-6-12(10-3-2-8-17-9-10)18-14(13)20(15)11-4-1-5-11/h2-3,6-9,11H,1,4-5H2,(H2,16,19). The molecule has 5 nitrogen and oxygen atoms in total. The van der Waals surface area contributed by atoms with E-state index in [0.29, 0.717) is 12.0 Å². The van der Waals surface area contributed by atoms with Crippen LogP contribution in [0, 0.1) is 0 Å². The molecule has 0 amide bonds. The number of fused-ring (bicyclic) bond motifs is 1. The molecule has 1 saturated carbocycles. The number of pyridine rings is 2. The molecule has 20 heavy (non-hydrogen) atoms. The van der Waals surface area contributed by atoms with Crippen molar-refractivity contribution in [2.75, 3.05) is 5.73 Å². The average Bonchev–Trinajstić information content (AvgIpc) is 2.74. The van der Waals surface area contributed by atoms with Crippen molar-refractivity contribution in [3.05, 3.63) is 36.7 Å². The monoisotopic (exact) mass is 265 g/mol. The zero-order chi connectivity index (χ0) is 13.5. The lowest BCUT2D eigenvalue weighted by molar-refractivity contribution is 0.323. The number of nitrogens with two attached hydrogens (primary N) is 1. The van der Waals surface area contributed by atoms with Crippen molar-refractivity contribution >= 4 is 17.1 Å². The van der Waals surface area contributed by atoms with Crippen LogP contribution in [0.15, 0.2) is 36.7 Å². The fourth-order valence-electron chi connectivity index (χ4n) is 2.67. The topological polar surface area (TPSA) is 69.6 Å². The summed E-state index contributed by atoms with van der Waals surface area (Å²) < 4.78 is 2.08. The van der Waals surface area contributed by atoms with Crippen molar-refractivity contribution in [3.8, 4) is 11.3 Å². The van der Waals surface area contributed by atoms with Gasteiger partial charge in [-0.1, -0.05) is 0 Å². The highest BCUT2D eigenvalue weighted by Crippen LogP contribution is 2.36. The number of anilines is 1. The number of nitrogen functional groups attached to an aromatic ring is 1. The number of hydrogen-bond acceptors (Lipinski definition) is 4. The minimum absolute atomic E-state index is 0.455. The van der Waals surface area contributed by atoms with Crippen LogP contribution in [0.25, 0.3) is 22.4 Å². The summed E-state index contributed by atoms with van der Waals surface area (Å²) in [6.07, 6.45) is 7.16. The molecule has 0 aliphatic heterocycles. The van der Waals surface area contributed by atoms with E-state index in [1.54, 1.807) is 6.20 Å². The maximum absolute atomic E-state index is 6.05. The summed E-state index contributed by atoms with van der Waals surface area (Å²) in [6.45, 7) is 0. The van der Waals surface area contributed by atoms with Crippen molar-refractivity contribution in [3.63, 3.8) is 0 Å². The van der Waals surface area contributed by atoms with Crippen LogP contribution in [0.1, 0.15) is 25.3 Å². The molecule has 3 heterocycles. The minimum atomic E-state index is 0.455. The van der Waals surface area contributed by atoms with Gasteiger partial charge in [0.05, 0.1) is 5.69 Å². The maximum atomic E-state index is 6.05. The third-order valence-corrected chi connectivity index (χ3v) is 3.96. The molecule has 0 spiro atoms. The molecule has 3 aromatic heterocycles. The van der Waals surface area contributed by atoms with Crippen LogP contribution in [0.5, 0.6) is 0 Å². The van der Waals surface area contributed by atoms with Crippen molar-refractivity contribution in [1.82, 2.24) is 19.5 Å². The first-order valence-corrected chi connectivity index (χ1v) is 6.88. The lowest BCUT2D eigenvalue weighted by Gasteiger charge is -2.27. The first kappa shape index (κ1) is 11.4. The van der Waals surface area contributed by atoms with E-state index in [-0.39, 0.29) is 0 Å². The molecule has 0 saturated heterocycles. The van der Waals surface area contributed by atoms with E-state index in [1.807, 2.05) is 30.5 Å². The highest BCUT2D eigenvalue weighted by atomic mass is 15.2. The summed E-state index contributed by atoms with van der Waals surface area (Å²) in [5.41, 5.74) is 9.71. The summed E-state index contributed by atoms with van der Waals surface area (Å²) in [7, 11) is 0. The van der Waals surface area contributed by atoms with Crippen molar-refractivity contribution in [2.24, 2.45) is 0 Å². The van der Waals surface area contributed by atoms with Gasteiger partial charge in [-0.15, -0.1) is 0 Å². The van der Waals surface area contributed by atoms with Crippen LogP contribution >= 0.6 is 0 Å². The molecular formula is C15H15N5. The molecule has 1 aliphatic rings. The van der Waals surface area contributed by atoms with Crippen molar-refractivity contribution in [2.45, 2.75) is 25.3 Å². The number of aromatic nitrogens is 4. The molecule has 5 heteroatoms. The van der Waals surface area contributed by atoms with Crippen LogP contribution in [-0.4, -0.2) is 19.5 Å². The fraction of sp³-hybridized carbons (Fsp3) is 0.267. The molecule has 0 bridgehead atoms. The van der Waals surface area contributed by atoms with E-state index in [2.05, 4.69) is 14.5 Å². The minimum Gasteiger partial charge on any atom is -0.369 e. The number of rotatable bonds is 2. The highest BCUT2D eigenvalue weighted by molar-refractivity contribution is 5.78. The molecule has 1 fully saturated rings. The third-order valence-electron chi connectivity index (χ3n) is 3.96. The summed E-state index contributed by atoms with van der Waals surface area (Å²) in [6, 6.07) is 8.33. The molecule has 0 radical (unpaired) electrons. The average molecular weight is 265 g/mol. The third kappa shape index (κ3) is 1.66. The smallest absolute Gasteiger partial charge is 0.202 e. The number of nitrogens with zero attached hydrogens (tertiary/aromatic N) is 4. The molecule has 0 unspecified atom stereocenters. The van der Waals surface area contributed by atoms with Gasteiger partial charge < -0.3 is 5.73 Å². The molecule has 2 N–H and O–H groups in total. The Balaban J connectivity index is 1.89. The van der Waals surface area contributed by atoms with Gasteiger partial charge >= 0.3 is 0 Å². The van der Waals surface area contributed by atoms with Crippen LogP contribution in [-0.2, 0) is 0 Å². The molecule has 0 atom stereocenters. The normalized spacial score (nSPS) is 15.4. The Morgan fingerprint density at radius 3 is 2.75 bits per heavy atom. The van der Waals surface area contributed by atoms with Gasteiger partial charge in [0.2, 0.25) is 5.95 Å². The van der Waals surface area contributed by atoms with Crippen molar-refractivity contribution in [1.29, 1.82) is 0 Å². The molecule has 1 aliphatic carbocycles. The van der Waals surface area contributed by atoms with E-state index < -0.39 is 0 Å². The SMILES string of the molecule is Nc1nc2ccc(-c3cccnc3)nc2n1C1CCC1. The van der Waals surface area contributed by atoms with E-state index in [0.717, 1.165) is 35.3 Å². The first-order chi connectivity index (χ1) is 9.83. The van der Waals surface area contributed by atoms with Gasteiger partial charge in [-0.3, -0.25) is 9.55 Å². The second-order valence-electron chi connectivity index (χ2n) is 5.21. The summed E-state index contributed by atoms with van der Waals surface area (Å²) in [5, 5.41) is 0. The van der Waals surface area contributed by atoms with Gasteiger partial charge in [0.1, 0.15) is 5.52 Å². The molecular weight excluding hydrogens is 250 g/mol. The largest absolute Gasteiger partial charge is 0.369 e. The van der Waals surface area contributed by atoms with E-state index >= 15 is 0 Å². The van der Waals surface area contributed by atoms with Gasteiger partial charge in [-0.2, -0.15) is 0 Å². The van der Waals surface area contributed by atoms with Crippen LogP contribution in [0.4, 0.5) is 5.95 Å². The number of hydrogen-bond donors (Lipinski definition) is 1. The van der Waals surface area contributed by atoms with Crippen LogP contribution in [0.3, 0.4) is 0 Å². The molecule has 3 aromatic rings. The molecule has 100 valence electrons. The second-order valence-corrected chi connectivity index (χ2v) is 5.21. The zero-order valence-corrected chi connectivity index (χ0v) is 11.0. The quantitative estimate of drug-likeness (QED) is 0.773. The first-order valence-electron chi connectivity index (χ1n) is 6.88. The summed E-state index contributed by atoms with van der Waals surface area (Å²) in [4.78, 5) is 13.3. The van der Waals surface area contributed by atoms with Gasteiger partial charge in [-0.05, 0) is 43.5 Å². The predicted molar refractivity (Wildman–Crippen MR) is 78.1 cm³/mol. The Labute approximate surface area is 116 Å². The Bertz CT molecular complexity index is 759. The molecule has 4 rings (SSSR count). The number of imidazole rings is 1. The van der Waals surface area contributed by atoms with Gasteiger partial charge in [0.15, 0.2) is 5.65 Å². The van der Waals surface area contributed by atoms with E-state index in [9.17, 15) is 0 Å². The lowest BCUT2D eigenvalue weighted by Crippen LogP contribution is -2.19. The Kier molecular flexibility index (Phi) is 2.45. The molecule has 0 aromatic carbocycles. The zero-order valence-electron chi connectivity index (χ0n) is 11.0. The Hall–Kier alpha value is -2.43. The van der Waals surface area contributed by atoms with Crippen LogP contribution < -0.4 is 5.73 Å². The Morgan fingerprint density at radius 1 is 1.15 bits per heavy atom. The van der Waals surface area contributed by atoms with E-state index in [1.165, 1.54) is 6.42 Å². The lowest BCUT2D eigenvalue weighted by atomic mass is 9.93. The highest BCUT2D eigenvalue weighted by Gasteiger charge is 2.24. The maximum Gasteiger partial charge on any atom is 0.202 e.